The minimum Gasteiger partial charge on any atom is -0.496 e. The minimum atomic E-state index is -0.143. The molecular formula is C22H24ClNO3. The number of aryl methyl sites for hydroxylation is 2. The highest BCUT2D eigenvalue weighted by atomic mass is 35.5. The van der Waals surface area contributed by atoms with Crippen molar-refractivity contribution < 1.29 is 9.84 Å². The molecule has 0 radical (unpaired) electrons. The molecule has 1 aromatic heterocycles. The Kier molecular flexibility index (Phi) is 5.59. The van der Waals surface area contributed by atoms with Crippen molar-refractivity contribution in [3.63, 3.8) is 0 Å². The summed E-state index contributed by atoms with van der Waals surface area (Å²) >= 11 is 6.29. The fourth-order valence-corrected chi connectivity index (χ4v) is 3.80. The van der Waals surface area contributed by atoms with Crippen LogP contribution in [-0.2, 0) is 6.42 Å². The molecule has 27 heavy (non-hydrogen) atoms. The zero-order valence-corrected chi connectivity index (χ0v) is 16.8. The Morgan fingerprint density at radius 2 is 1.89 bits per heavy atom. The third kappa shape index (κ3) is 3.47. The molecular weight excluding hydrogens is 362 g/mol. The van der Waals surface area contributed by atoms with Crippen LogP contribution in [0.1, 0.15) is 28.7 Å². The van der Waals surface area contributed by atoms with E-state index in [1.807, 2.05) is 25.1 Å². The molecule has 0 bridgehead atoms. The number of methoxy groups -OCH3 is 1. The maximum Gasteiger partial charge on any atom is 0.252 e. The first-order chi connectivity index (χ1) is 12.9. The van der Waals surface area contributed by atoms with Crippen molar-refractivity contribution in [1.82, 2.24) is 4.98 Å². The number of aliphatic hydroxyl groups excluding tert-OH is 1. The van der Waals surface area contributed by atoms with E-state index in [0.29, 0.717) is 29.2 Å². The van der Waals surface area contributed by atoms with Gasteiger partial charge >= 0.3 is 0 Å². The van der Waals surface area contributed by atoms with Crippen molar-refractivity contribution in [3.05, 3.63) is 61.9 Å². The van der Waals surface area contributed by atoms with Gasteiger partial charge in [-0.05, 0) is 74.6 Å². The number of pyridine rings is 1. The molecule has 0 aliphatic heterocycles. The molecule has 0 spiro atoms. The van der Waals surface area contributed by atoms with Crippen LogP contribution in [0.5, 0.6) is 5.75 Å². The number of aromatic amines is 1. The molecule has 2 N–H and O–H groups in total. The molecule has 0 aliphatic carbocycles. The smallest absolute Gasteiger partial charge is 0.252 e. The Bertz CT molecular complexity index is 1070. The average molecular weight is 386 g/mol. The molecule has 1 heterocycles. The Morgan fingerprint density at radius 3 is 2.56 bits per heavy atom. The summed E-state index contributed by atoms with van der Waals surface area (Å²) < 4.78 is 5.58. The molecule has 0 atom stereocenters. The molecule has 0 saturated carbocycles. The highest BCUT2D eigenvalue weighted by molar-refractivity contribution is 6.31. The molecule has 3 rings (SSSR count). The summed E-state index contributed by atoms with van der Waals surface area (Å²) in [6, 6.07) is 7.44. The molecule has 2 aromatic carbocycles. The van der Waals surface area contributed by atoms with E-state index in [9.17, 15) is 9.90 Å². The lowest BCUT2D eigenvalue weighted by molar-refractivity contribution is 0.288. The molecule has 5 heteroatoms. The number of hydrogen-bond acceptors (Lipinski definition) is 3. The lowest BCUT2D eigenvalue weighted by Gasteiger charge is -2.19. The third-order valence-electron chi connectivity index (χ3n) is 5.25. The number of aliphatic hydroxyl groups is 1. The Hall–Kier alpha value is -2.30. The van der Waals surface area contributed by atoms with Gasteiger partial charge in [0.2, 0.25) is 0 Å². The minimum absolute atomic E-state index is 0.0233. The molecule has 4 nitrogen and oxygen atoms in total. The van der Waals surface area contributed by atoms with Crippen LogP contribution < -0.4 is 10.3 Å². The van der Waals surface area contributed by atoms with Gasteiger partial charge in [0, 0.05) is 39.2 Å². The zero-order chi connectivity index (χ0) is 19.7. The van der Waals surface area contributed by atoms with Gasteiger partial charge in [0.25, 0.3) is 5.56 Å². The summed E-state index contributed by atoms with van der Waals surface area (Å²) in [5, 5.41) is 10.9. The van der Waals surface area contributed by atoms with Crippen LogP contribution in [0.4, 0.5) is 0 Å². The number of aromatic nitrogens is 1. The van der Waals surface area contributed by atoms with Crippen molar-refractivity contribution >= 4 is 22.5 Å². The number of benzene rings is 2. The quantitative estimate of drug-likeness (QED) is 0.668. The van der Waals surface area contributed by atoms with Crippen molar-refractivity contribution in [1.29, 1.82) is 0 Å². The van der Waals surface area contributed by atoms with Crippen LogP contribution >= 0.6 is 11.6 Å². The first-order valence-electron chi connectivity index (χ1n) is 8.99. The molecule has 0 aliphatic rings. The van der Waals surface area contributed by atoms with Gasteiger partial charge in [0.1, 0.15) is 5.75 Å². The fraction of sp³-hybridized carbons (Fsp3) is 0.318. The summed E-state index contributed by atoms with van der Waals surface area (Å²) in [6.07, 6.45) is 0.980. The van der Waals surface area contributed by atoms with Crippen molar-refractivity contribution in [3.8, 4) is 16.9 Å². The van der Waals surface area contributed by atoms with E-state index >= 15 is 0 Å². The number of halogens is 1. The summed E-state index contributed by atoms with van der Waals surface area (Å²) in [5.41, 5.74) is 6.35. The molecule has 0 amide bonds. The Morgan fingerprint density at radius 1 is 1.15 bits per heavy atom. The number of hydrogen-bond donors (Lipinski definition) is 2. The van der Waals surface area contributed by atoms with Crippen LogP contribution in [0.15, 0.2) is 29.1 Å². The third-order valence-corrected chi connectivity index (χ3v) is 5.48. The van der Waals surface area contributed by atoms with Crippen LogP contribution in [0.3, 0.4) is 0 Å². The van der Waals surface area contributed by atoms with Gasteiger partial charge in [0.05, 0.1) is 7.11 Å². The van der Waals surface area contributed by atoms with Crippen LogP contribution in [-0.4, -0.2) is 23.8 Å². The van der Waals surface area contributed by atoms with Crippen molar-refractivity contribution in [2.45, 2.75) is 33.6 Å². The van der Waals surface area contributed by atoms with Crippen molar-refractivity contribution in [2.75, 3.05) is 13.7 Å². The standard InChI is InChI=1S/C22H24ClNO3/c1-12-10-18-20(14(3)13(12)2)21(16(6-5-9-25)22(26)24-18)17-11-15(23)7-8-19(17)27-4/h7-8,10-11,25H,5-6,9H2,1-4H3,(H,24,26). The average Bonchev–Trinajstić information content (AvgIpc) is 2.64. The Labute approximate surface area is 163 Å². The van der Waals surface area contributed by atoms with Gasteiger partial charge in [-0.15, -0.1) is 0 Å². The predicted octanol–water partition coefficient (Wildman–Crippen LogP) is 4.71. The second-order valence-corrected chi connectivity index (χ2v) is 7.28. The summed E-state index contributed by atoms with van der Waals surface area (Å²) in [6.45, 7) is 6.22. The topological polar surface area (TPSA) is 62.3 Å². The fourth-order valence-electron chi connectivity index (χ4n) is 3.63. The summed E-state index contributed by atoms with van der Waals surface area (Å²) in [4.78, 5) is 15.9. The normalized spacial score (nSPS) is 11.2. The molecule has 0 fully saturated rings. The second kappa shape index (κ2) is 7.75. The van der Waals surface area contributed by atoms with Crippen LogP contribution in [0, 0.1) is 20.8 Å². The maximum atomic E-state index is 12.9. The molecule has 0 saturated heterocycles. The van der Waals surface area contributed by atoms with Crippen LogP contribution in [0.2, 0.25) is 5.02 Å². The van der Waals surface area contributed by atoms with Gasteiger partial charge in [-0.3, -0.25) is 4.79 Å². The molecule has 142 valence electrons. The number of fused-ring (bicyclic) bond motifs is 1. The Balaban J connectivity index is 2.53. The lowest BCUT2D eigenvalue weighted by Crippen LogP contribution is -2.16. The van der Waals surface area contributed by atoms with Gasteiger partial charge in [-0.2, -0.15) is 0 Å². The molecule has 3 aromatic rings. The number of nitrogens with one attached hydrogen (secondary N) is 1. The summed E-state index contributed by atoms with van der Waals surface area (Å²) in [7, 11) is 1.61. The lowest BCUT2D eigenvalue weighted by atomic mass is 9.88. The molecule has 0 unspecified atom stereocenters. The van der Waals surface area contributed by atoms with E-state index in [1.54, 1.807) is 13.2 Å². The van der Waals surface area contributed by atoms with E-state index in [2.05, 4.69) is 18.8 Å². The van der Waals surface area contributed by atoms with Gasteiger partial charge in [-0.1, -0.05) is 11.6 Å². The maximum absolute atomic E-state index is 12.9. The van der Waals surface area contributed by atoms with E-state index < -0.39 is 0 Å². The van der Waals surface area contributed by atoms with E-state index in [4.69, 9.17) is 16.3 Å². The zero-order valence-electron chi connectivity index (χ0n) is 16.1. The van der Waals surface area contributed by atoms with Crippen molar-refractivity contribution in [2.24, 2.45) is 0 Å². The first-order valence-corrected chi connectivity index (χ1v) is 9.37. The van der Waals surface area contributed by atoms with E-state index in [-0.39, 0.29) is 12.2 Å². The van der Waals surface area contributed by atoms with E-state index in [1.165, 1.54) is 5.56 Å². The van der Waals surface area contributed by atoms with Crippen LogP contribution in [0.25, 0.3) is 22.0 Å². The number of ether oxygens (including phenoxy) is 1. The monoisotopic (exact) mass is 385 g/mol. The highest BCUT2D eigenvalue weighted by Crippen LogP contribution is 2.40. The first kappa shape index (κ1) is 19.5. The summed E-state index contributed by atoms with van der Waals surface area (Å²) in [5.74, 6) is 0.661. The SMILES string of the molecule is COc1ccc(Cl)cc1-c1c(CCCO)c(=O)[nH]c2cc(C)c(C)c(C)c12. The van der Waals surface area contributed by atoms with E-state index in [0.717, 1.165) is 33.2 Å². The van der Waals surface area contributed by atoms with Gasteiger partial charge in [-0.25, -0.2) is 0 Å². The van der Waals surface area contributed by atoms with Gasteiger partial charge in [0.15, 0.2) is 0 Å². The largest absolute Gasteiger partial charge is 0.496 e. The highest BCUT2D eigenvalue weighted by Gasteiger charge is 2.20. The number of rotatable bonds is 5. The number of H-pyrrole nitrogens is 1. The predicted molar refractivity (Wildman–Crippen MR) is 111 cm³/mol. The van der Waals surface area contributed by atoms with Gasteiger partial charge < -0.3 is 14.8 Å². The second-order valence-electron chi connectivity index (χ2n) is 6.85.